The van der Waals surface area contributed by atoms with Gasteiger partial charge in [-0.25, -0.2) is 18.9 Å². The number of anilines is 1. The Kier molecular flexibility index (Phi) is 6.23. The Morgan fingerprint density at radius 1 is 1.00 bits per heavy atom. The van der Waals surface area contributed by atoms with E-state index in [0.29, 0.717) is 11.5 Å². The van der Waals surface area contributed by atoms with Gasteiger partial charge in [-0.1, -0.05) is 60.1 Å². The highest BCUT2D eigenvalue weighted by molar-refractivity contribution is 6.33. The van der Waals surface area contributed by atoms with Crippen LogP contribution in [-0.2, 0) is 9.53 Å². The standard InChI is InChI=1S/C23H16ClFN4O3/c24-18-13-16(25)11-12-19(18)26-20(30)14-32-23(31)21-27-22(15-7-3-1-4-8-15)29(28-21)17-9-5-2-6-10-17/h1-13H,14H2,(H,26,30). The maximum Gasteiger partial charge on any atom is 0.378 e. The summed E-state index contributed by atoms with van der Waals surface area (Å²) >= 11 is 5.88. The monoisotopic (exact) mass is 450 g/mol. The van der Waals surface area contributed by atoms with Crippen molar-refractivity contribution >= 4 is 29.2 Å². The lowest BCUT2D eigenvalue weighted by Crippen LogP contribution is -2.21. The quantitative estimate of drug-likeness (QED) is 0.436. The normalized spacial score (nSPS) is 10.6. The molecule has 0 spiro atoms. The number of nitrogens with zero attached hydrogens (tertiary/aromatic N) is 3. The van der Waals surface area contributed by atoms with Gasteiger partial charge in [-0.3, -0.25) is 4.79 Å². The van der Waals surface area contributed by atoms with Gasteiger partial charge in [0.25, 0.3) is 11.7 Å². The number of hydrogen-bond acceptors (Lipinski definition) is 5. The number of esters is 1. The lowest BCUT2D eigenvalue weighted by Gasteiger charge is -2.07. The van der Waals surface area contributed by atoms with Crippen LogP contribution in [0.4, 0.5) is 10.1 Å². The molecule has 0 aliphatic carbocycles. The van der Waals surface area contributed by atoms with E-state index < -0.39 is 24.3 Å². The van der Waals surface area contributed by atoms with E-state index in [1.807, 2.05) is 60.7 Å². The second kappa shape index (κ2) is 9.40. The molecule has 4 aromatic rings. The van der Waals surface area contributed by atoms with E-state index >= 15 is 0 Å². The first-order chi connectivity index (χ1) is 15.5. The van der Waals surface area contributed by atoms with Crippen LogP contribution in [0.25, 0.3) is 17.1 Å². The minimum Gasteiger partial charge on any atom is -0.450 e. The average Bonchev–Trinajstić information content (AvgIpc) is 3.26. The minimum absolute atomic E-state index is 0.0282. The highest BCUT2D eigenvalue weighted by Crippen LogP contribution is 2.23. The Balaban J connectivity index is 1.51. The van der Waals surface area contributed by atoms with Gasteiger partial charge in [-0.2, -0.15) is 0 Å². The molecule has 0 aliphatic rings. The van der Waals surface area contributed by atoms with Crippen LogP contribution in [0.2, 0.25) is 5.02 Å². The summed E-state index contributed by atoms with van der Waals surface area (Å²) < 4.78 is 19.7. The van der Waals surface area contributed by atoms with Crippen LogP contribution in [0.15, 0.2) is 78.9 Å². The molecule has 0 fully saturated rings. The summed E-state index contributed by atoms with van der Waals surface area (Å²) in [5.74, 6) is -1.78. The summed E-state index contributed by atoms with van der Waals surface area (Å²) in [4.78, 5) is 29.0. The number of carbonyl (C=O) groups is 2. The number of para-hydroxylation sites is 1. The molecule has 1 N–H and O–H groups in total. The van der Waals surface area contributed by atoms with Gasteiger partial charge >= 0.3 is 5.97 Å². The molecule has 0 saturated heterocycles. The van der Waals surface area contributed by atoms with Crippen LogP contribution < -0.4 is 5.32 Å². The summed E-state index contributed by atoms with van der Waals surface area (Å²) in [6.45, 7) is -0.590. The van der Waals surface area contributed by atoms with Crippen molar-refractivity contribution in [3.8, 4) is 17.1 Å². The fourth-order valence-electron chi connectivity index (χ4n) is 2.89. The third-order valence-electron chi connectivity index (χ3n) is 4.36. The summed E-state index contributed by atoms with van der Waals surface area (Å²) in [5.41, 5.74) is 1.67. The Labute approximate surface area is 187 Å². The number of rotatable bonds is 6. The first-order valence-corrected chi connectivity index (χ1v) is 9.89. The smallest absolute Gasteiger partial charge is 0.378 e. The molecule has 9 heteroatoms. The maximum absolute atomic E-state index is 13.1. The molecular weight excluding hydrogens is 435 g/mol. The third-order valence-corrected chi connectivity index (χ3v) is 4.67. The lowest BCUT2D eigenvalue weighted by atomic mass is 10.2. The summed E-state index contributed by atoms with van der Waals surface area (Å²) in [6, 6.07) is 22.0. The van der Waals surface area contributed by atoms with E-state index in [1.54, 1.807) is 0 Å². The Morgan fingerprint density at radius 2 is 1.69 bits per heavy atom. The predicted octanol–water partition coefficient (Wildman–Crippen LogP) is 4.52. The van der Waals surface area contributed by atoms with Crippen molar-refractivity contribution in [1.82, 2.24) is 14.8 Å². The van der Waals surface area contributed by atoms with E-state index in [9.17, 15) is 14.0 Å². The molecule has 1 heterocycles. The van der Waals surface area contributed by atoms with E-state index in [2.05, 4.69) is 15.4 Å². The van der Waals surface area contributed by atoms with Crippen LogP contribution in [0, 0.1) is 5.82 Å². The number of benzene rings is 3. The number of ether oxygens (including phenoxy) is 1. The van der Waals surface area contributed by atoms with Crippen molar-refractivity contribution in [3.05, 3.63) is 95.5 Å². The van der Waals surface area contributed by atoms with Gasteiger partial charge in [0, 0.05) is 5.56 Å². The van der Waals surface area contributed by atoms with E-state index in [4.69, 9.17) is 16.3 Å². The molecule has 160 valence electrons. The van der Waals surface area contributed by atoms with Crippen molar-refractivity contribution in [1.29, 1.82) is 0 Å². The minimum atomic E-state index is -0.864. The van der Waals surface area contributed by atoms with Crippen molar-refractivity contribution in [2.45, 2.75) is 0 Å². The van der Waals surface area contributed by atoms with Gasteiger partial charge in [-0.05, 0) is 30.3 Å². The SMILES string of the molecule is O=C(COC(=O)c1nc(-c2ccccc2)n(-c2ccccc2)n1)Nc1ccc(F)cc1Cl. The number of aromatic nitrogens is 3. The lowest BCUT2D eigenvalue weighted by molar-refractivity contribution is -0.119. The molecule has 0 aliphatic heterocycles. The molecule has 3 aromatic carbocycles. The summed E-state index contributed by atoms with van der Waals surface area (Å²) in [5, 5.41) is 6.76. The Morgan fingerprint density at radius 3 is 2.38 bits per heavy atom. The first kappa shape index (κ1) is 21.2. The van der Waals surface area contributed by atoms with Crippen LogP contribution in [0.3, 0.4) is 0 Å². The highest BCUT2D eigenvalue weighted by Gasteiger charge is 2.21. The van der Waals surface area contributed by atoms with Crippen LogP contribution in [-0.4, -0.2) is 33.2 Å². The molecule has 7 nitrogen and oxygen atoms in total. The predicted molar refractivity (Wildman–Crippen MR) is 117 cm³/mol. The second-order valence-electron chi connectivity index (χ2n) is 6.62. The Hall–Kier alpha value is -4.04. The van der Waals surface area contributed by atoms with Crippen molar-refractivity contribution < 1.29 is 18.7 Å². The average molecular weight is 451 g/mol. The molecule has 0 atom stereocenters. The molecule has 1 aromatic heterocycles. The Bertz CT molecular complexity index is 1210. The van der Waals surface area contributed by atoms with Crippen LogP contribution in [0.5, 0.6) is 0 Å². The van der Waals surface area contributed by atoms with Gasteiger partial charge in [0.05, 0.1) is 16.4 Å². The number of nitrogens with one attached hydrogen (secondary N) is 1. The molecule has 32 heavy (non-hydrogen) atoms. The second-order valence-corrected chi connectivity index (χ2v) is 7.03. The van der Waals surface area contributed by atoms with Gasteiger partial charge in [-0.15, -0.1) is 5.10 Å². The zero-order valence-corrected chi connectivity index (χ0v) is 17.3. The third kappa shape index (κ3) is 4.81. The van der Waals surface area contributed by atoms with Crippen molar-refractivity contribution in [2.24, 2.45) is 0 Å². The highest BCUT2D eigenvalue weighted by atomic mass is 35.5. The van der Waals surface area contributed by atoms with Gasteiger partial charge in [0.15, 0.2) is 12.4 Å². The first-order valence-electron chi connectivity index (χ1n) is 9.51. The topological polar surface area (TPSA) is 86.1 Å². The molecule has 1 amide bonds. The number of carbonyl (C=O) groups excluding carboxylic acids is 2. The van der Waals surface area contributed by atoms with Gasteiger partial charge < -0.3 is 10.1 Å². The van der Waals surface area contributed by atoms with E-state index in [0.717, 1.165) is 17.7 Å². The summed E-state index contributed by atoms with van der Waals surface area (Å²) in [6.07, 6.45) is 0. The van der Waals surface area contributed by atoms with E-state index in [-0.39, 0.29) is 16.5 Å². The molecule has 0 bridgehead atoms. The molecule has 4 rings (SSSR count). The van der Waals surface area contributed by atoms with Crippen LogP contribution >= 0.6 is 11.6 Å². The molecule has 0 saturated carbocycles. The number of amides is 1. The zero-order valence-electron chi connectivity index (χ0n) is 16.5. The molecule has 0 radical (unpaired) electrons. The largest absolute Gasteiger partial charge is 0.450 e. The van der Waals surface area contributed by atoms with Gasteiger partial charge in [0.2, 0.25) is 0 Å². The molecule has 0 unspecified atom stereocenters. The number of halogens is 2. The fraction of sp³-hybridized carbons (Fsp3) is 0.0435. The van der Waals surface area contributed by atoms with Gasteiger partial charge in [0.1, 0.15) is 5.82 Å². The van der Waals surface area contributed by atoms with Crippen molar-refractivity contribution in [3.63, 3.8) is 0 Å². The van der Waals surface area contributed by atoms with Crippen molar-refractivity contribution in [2.75, 3.05) is 11.9 Å². The fourth-order valence-corrected chi connectivity index (χ4v) is 3.11. The molecular formula is C23H16ClFN4O3. The maximum atomic E-state index is 13.1. The van der Waals surface area contributed by atoms with Crippen LogP contribution in [0.1, 0.15) is 10.6 Å². The summed E-state index contributed by atoms with van der Waals surface area (Å²) in [7, 11) is 0. The van der Waals surface area contributed by atoms with E-state index in [1.165, 1.54) is 10.7 Å². The zero-order chi connectivity index (χ0) is 22.5. The number of hydrogen-bond donors (Lipinski definition) is 1.